The van der Waals surface area contributed by atoms with Crippen LogP contribution in [-0.2, 0) is 24.2 Å². The third kappa shape index (κ3) is 4.47. The van der Waals surface area contributed by atoms with E-state index in [0.29, 0.717) is 12.5 Å². The van der Waals surface area contributed by atoms with E-state index in [1.807, 2.05) is 12.1 Å². The van der Waals surface area contributed by atoms with Crippen LogP contribution in [0, 0.1) is 0 Å². The molecule has 2 aromatic carbocycles. The van der Waals surface area contributed by atoms with E-state index in [1.165, 1.54) is 23.1 Å². The smallest absolute Gasteiger partial charge is 0.130 e. The van der Waals surface area contributed by atoms with Crippen molar-refractivity contribution < 1.29 is 9.53 Å². The van der Waals surface area contributed by atoms with Gasteiger partial charge in [-0.2, -0.15) is 0 Å². The largest absolute Gasteiger partial charge is 0.490 e. The molecule has 0 radical (unpaired) electrons. The Labute approximate surface area is 166 Å². The van der Waals surface area contributed by atoms with E-state index < -0.39 is 0 Å². The molecule has 0 unspecified atom stereocenters. The molecule has 1 aliphatic heterocycles. The zero-order valence-electron chi connectivity index (χ0n) is 15.8. The summed E-state index contributed by atoms with van der Waals surface area (Å²) >= 11 is 6.36. The van der Waals surface area contributed by atoms with Crippen molar-refractivity contribution in [3.8, 4) is 5.75 Å². The Bertz CT molecular complexity index is 844. The first-order valence-corrected chi connectivity index (χ1v) is 10.3. The van der Waals surface area contributed by atoms with E-state index in [0.717, 1.165) is 55.2 Å². The van der Waals surface area contributed by atoms with E-state index >= 15 is 0 Å². The summed E-state index contributed by atoms with van der Waals surface area (Å²) in [5.41, 5.74) is 5.15. The predicted molar refractivity (Wildman–Crippen MR) is 110 cm³/mol. The molecule has 1 saturated carbocycles. The number of nitrogens with zero attached hydrogens (tertiary/aromatic N) is 1. The van der Waals surface area contributed by atoms with Gasteiger partial charge in [-0.3, -0.25) is 0 Å². The molecule has 0 atom stereocenters. The van der Waals surface area contributed by atoms with Gasteiger partial charge in [0.1, 0.15) is 11.5 Å². The van der Waals surface area contributed by atoms with Gasteiger partial charge in [-0.15, -0.1) is 0 Å². The maximum Gasteiger partial charge on any atom is 0.130 e. The second-order valence-electron chi connectivity index (χ2n) is 7.79. The standard InChI is InChI=1S/C23H26ClNO2/c1-16(26)5-6-17-7-8-19-15-25(10-9-18(19)11-17)21-12-20(24)13-23(14-21)27-22-3-2-4-22/h7-8,11-14,22H,2-6,9-10,15H2,1H3. The Balaban J connectivity index is 1.48. The van der Waals surface area contributed by atoms with Gasteiger partial charge in [-0.25, -0.2) is 0 Å². The summed E-state index contributed by atoms with van der Waals surface area (Å²) < 4.78 is 6.06. The molecule has 0 saturated heterocycles. The number of aryl methyl sites for hydroxylation is 1. The number of rotatable bonds is 6. The molecular weight excluding hydrogens is 358 g/mol. The van der Waals surface area contributed by atoms with Gasteiger partial charge in [-0.1, -0.05) is 29.8 Å². The third-order valence-corrected chi connectivity index (χ3v) is 5.84. The molecule has 27 heavy (non-hydrogen) atoms. The summed E-state index contributed by atoms with van der Waals surface area (Å²) in [6, 6.07) is 12.7. The number of hydrogen-bond acceptors (Lipinski definition) is 3. The van der Waals surface area contributed by atoms with Crippen LogP contribution in [0.1, 0.15) is 49.3 Å². The molecule has 0 spiro atoms. The van der Waals surface area contributed by atoms with Gasteiger partial charge in [0.05, 0.1) is 6.10 Å². The zero-order chi connectivity index (χ0) is 18.8. The minimum absolute atomic E-state index is 0.250. The van der Waals surface area contributed by atoms with Crippen molar-refractivity contribution in [2.24, 2.45) is 0 Å². The lowest BCUT2D eigenvalue weighted by Crippen LogP contribution is -2.30. The Hall–Kier alpha value is -2.00. The SMILES string of the molecule is CC(=O)CCc1ccc2c(c1)CCN(c1cc(Cl)cc(OC3CCC3)c1)C2. The van der Waals surface area contributed by atoms with Gasteiger partial charge < -0.3 is 14.4 Å². The van der Waals surface area contributed by atoms with Gasteiger partial charge in [0, 0.05) is 36.3 Å². The van der Waals surface area contributed by atoms with Gasteiger partial charge >= 0.3 is 0 Å². The Morgan fingerprint density at radius 1 is 1.19 bits per heavy atom. The average Bonchev–Trinajstić information content (AvgIpc) is 2.62. The van der Waals surface area contributed by atoms with E-state index in [2.05, 4.69) is 29.2 Å². The molecule has 4 rings (SSSR count). The molecule has 0 N–H and O–H groups in total. The highest BCUT2D eigenvalue weighted by Crippen LogP contribution is 2.33. The highest BCUT2D eigenvalue weighted by atomic mass is 35.5. The van der Waals surface area contributed by atoms with Crippen LogP contribution < -0.4 is 9.64 Å². The quantitative estimate of drug-likeness (QED) is 0.672. The number of carbonyl (C=O) groups is 1. The number of carbonyl (C=O) groups excluding carboxylic acids is 1. The zero-order valence-corrected chi connectivity index (χ0v) is 16.6. The van der Waals surface area contributed by atoms with Crippen molar-refractivity contribution in [1.82, 2.24) is 0 Å². The predicted octanol–water partition coefficient (Wildman–Crippen LogP) is 5.36. The summed E-state index contributed by atoms with van der Waals surface area (Å²) in [7, 11) is 0. The van der Waals surface area contributed by atoms with E-state index in [9.17, 15) is 4.79 Å². The molecule has 1 aliphatic carbocycles. The summed E-state index contributed by atoms with van der Waals surface area (Å²) in [6.45, 7) is 3.50. The fraction of sp³-hybridized carbons (Fsp3) is 0.435. The molecule has 0 amide bonds. The van der Waals surface area contributed by atoms with Crippen molar-refractivity contribution in [2.75, 3.05) is 11.4 Å². The molecule has 142 valence electrons. The van der Waals surface area contributed by atoms with Crippen LogP contribution in [0.3, 0.4) is 0 Å². The van der Waals surface area contributed by atoms with Crippen LogP contribution >= 0.6 is 11.6 Å². The number of fused-ring (bicyclic) bond motifs is 1. The number of halogens is 1. The van der Waals surface area contributed by atoms with Crippen molar-refractivity contribution in [2.45, 2.75) is 58.1 Å². The molecule has 0 bridgehead atoms. The lowest BCUT2D eigenvalue weighted by Gasteiger charge is -2.32. The molecule has 1 heterocycles. The maximum absolute atomic E-state index is 11.2. The van der Waals surface area contributed by atoms with Crippen molar-refractivity contribution in [3.63, 3.8) is 0 Å². The molecule has 4 heteroatoms. The lowest BCUT2D eigenvalue weighted by atomic mass is 9.95. The molecule has 1 fully saturated rings. The lowest BCUT2D eigenvalue weighted by molar-refractivity contribution is -0.116. The second kappa shape index (κ2) is 7.93. The minimum Gasteiger partial charge on any atom is -0.490 e. The molecule has 0 aromatic heterocycles. The summed E-state index contributed by atoms with van der Waals surface area (Å²) in [5.74, 6) is 1.13. The fourth-order valence-corrected chi connectivity index (χ4v) is 4.00. The first-order valence-electron chi connectivity index (χ1n) is 9.89. The van der Waals surface area contributed by atoms with Crippen LogP contribution in [0.4, 0.5) is 5.69 Å². The number of anilines is 1. The molecule has 3 nitrogen and oxygen atoms in total. The van der Waals surface area contributed by atoms with Gasteiger partial charge in [0.15, 0.2) is 0 Å². The molecule has 2 aliphatic rings. The van der Waals surface area contributed by atoms with Crippen molar-refractivity contribution in [3.05, 3.63) is 58.1 Å². The summed E-state index contributed by atoms with van der Waals surface area (Å²) in [5, 5.41) is 0.729. The van der Waals surface area contributed by atoms with Crippen molar-refractivity contribution >= 4 is 23.1 Å². The van der Waals surface area contributed by atoms with E-state index in [-0.39, 0.29) is 5.78 Å². The van der Waals surface area contributed by atoms with E-state index in [4.69, 9.17) is 16.3 Å². The minimum atomic E-state index is 0.250. The Morgan fingerprint density at radius 3 is 2.78 bits per heavy atom. The van der Waals surface area contributed by atoms with Gasteiger partial charge in [0.25, 0.3) is 0 Å². The molecule has 2 aromatic rings. The van der Waals surface area contributed by atoms with Crippen LogP contribution in [0.5, 0.6) is 5.75 Å². The third-order valence-electron chi connectivity index (χ3n) is 5.62. The van der Waals surface area contributed by atoms with Gasteiger partial charge in [0.2, 0.25) is 0 Å². The summed E-state index contributed by atoms with van der Waals surface area (Å²) in [6.07, 6.45) is 6.37. The van der Waals surface area contributed by atoms with Gasteiger partial charge in [-0.05, 0) is 67.9 Å². The number of benzene rings is 2. The number of hydrogen-bond donors (Lipinski definition) is 0. The van der Waals surface area contributed by atoms with Crippen molar-refractivity contribution in [1.29, 1.82) is 0 Å². The maximum atomic E-state index is 11.2. The van der Waals surface area contributed by atoms with E-state index in [1.54, 1.807) is 6.92 Å². The van der Waals surface area contributed by atoms with Crippen LogP contribution in [0.25, 0.3) is 0 Å². The number of ketones is 1. The van der Waals surface area contributed by atoms with Crippen LogP contribution in [0.15, 0.2) is 36.4 Å². The highest BCUT2D eigenvalue weighted by Gasteiger charge is 2.21. The number of Topliss-reactive ketones (excluding diaryl/α,β-unsaturated/α-hetero) is 1. The Morgan fingerprint density at radius 2 is 2.04 bits per heavy atom. The summed E-state index contributed by atoms with van der Waals surface area (Å²) in [4.78, 5) is 13.6. The first-order chi connectivity index (χ1) is 13.1. The first kappa shape index (κ1) is 18.4. The highest BCUT2D eigenvalue weighted by molar-refractivity contribution is 6.31. The van der Waals surface area contributed by atoms with Crippen LogP contribution in [0.2, 0.25) is 5.02 Å². The fourth-order valence-electron chi connectivity index (χ4n) is 3.78. The monoisotopic (exact) mass is 383 g/mol. The topological polar surface area (TPSA) is 29.5 Å². The number of ether oxygens (including phenoxy) is 1. The normalized spacial score (nSPS) is 16.6. The molecular formula is C23H26ClNO2. The second-order valence-corrected chi connectivity index (χ2v) is 8.23. The average molecular weight is 384 g/mol. The van der Waals surface area contributed by atoms with Crippen LogP contribution in [-0.4, -0.2) is 18.4 Å². The Kier molecular flexibility index (Phi) is 5.40.